The van der Waals surface area contributed by atoms with Crippen molar-refractivity contribution in [3.63, 3.8) is 0 Å². The van der Waals surface area contributed by atoms with E-state index < -0.39 is 6.10 Å². The van der Waals surface area contributed by atoms with Crippen molar-refractivity contribution < 1.29 is 9.90 Å². The maximum absolute atomic E-state index is 10.8. The Bertz CT molecular complexity index is 135. The summed E-state index contributed by atoms with van der Waals surface area (Å²) in [5, 5.41) is 8.95. The predicted octanol–water partition coefficient (Wildman–Crippen LogP) is -0.402. The number of hydrogen-bond donors (Lipinski definition) is 1. The molecule has 1 amide bonds. The van der Waals surface area contributed by atoms with Crippen molar-refractivity contribution in [3.05, 3.63) is 0 Å². The molecule has 0 aromatic rings. The molecule has 0 bridgehead atoms. The van der Waals surface area contributed by atoms with E-state index in [1.54, 1.807) is 11.9 Å². The molecule has 1 aliphatic rings. The van der Waals surface area contributed by atoms with Crippen LogP contribution in [0.15, 0.2) is 0 Å². The van der Waals surface area contributed by atoms with Crippen molar-refractivity contribution in [3.8, 4) is 0 Å². The maximum Gasteiger partial charge on any atom is 0.251 e. The van der Waals surface area contributed by atoms with Crippen LogP contribution in [0.2, 0.25) is 0 Å². The molecule has 1 aliphatic heterocycles. The van der Waals surface area contributed by atoms with Gasteiger partial charge < -0.3 is 10.0 Å². The molecule has 3 heteroatoms. The minimum atomic E-state index is -0.745. The molecule has 0 radical (unpaired) electrons. The van der Waals surface area contributed by atoms with Crippen LogP contribution in [0.25, 0.3) is 0 Å². The molecule has 1 heterocycles. The second-order valence-electron chi connectivity index (χ2n) is 2.55. The normalized spacial score (nSPS) is 35.9. The minimum Gasteiger partial charge on any atom is -0.383 e. The Morgan fingerprint density at radius 2 is 2.33 bits per heavy atom. The first-order valence-corrected chi connectivity index (χ1v) is 3.07. The first-order chi connectivity index (χ1) is 4.13. The van der Waals surface area contributed by atoms with Crippen molar-refractivity contribution in [1.29, 1.82) is 0 Å². The van der Waals surface area contributed by atoms with Crippen molar-refractivity contribution in [1.82, 2.24) is 4.90 Å². The van der Waals surface area contributed by atoms with Crippen LogP contribution >= 0.6 is 0 Å². The highest BCUT2D eigenvalue weighted by Gasteiger charge is 2.32. The second-order valence-corrected chi connectivity index (χ2v) is 2.55. The average Bonchev–Trinajstić information content (AvgIpc) is 1.98. The van der Waals surface area contributed by atoms with Gasteiger partial charge in [-0.15, -0.1) is 0 Å². The molecule has 0 spiro atoms. The van der Waals surface area contributed by atoms with Crippen molar-refractivity contribution in [2.75, 3.05) is 7.05 Å². The molecule has 1 saturated heterocycles. The van der Waals surface area contributed by atoms with E-state index in [0.29, 0.717) is 6.42 Å². The summed E-state index contributed by atoms with van der Waals surface area (Å²) < 4.78 is 0. The smallest absolute Gasteiger partial charge is 0.251 e. The van der Waals surface area contributed by atoms with E-state index >= 15 is 0 Å². The monoisotopic (exact) mass is 129 g/mol. The Labute approximate surface area is 54.3 Å². The predicted molar refractivity (Wildman–Crippen MR) is 32.9 cm³/mol. The third-order valence-corrected chi connectivity index (χ3v) is 1.86. The lowest BCUT2D eigenvalue weighted by molar-refractivity contribution is -0.133. The van der Waals surface area contributed by atoms with Crippen LogP contribution < -0.4 is 0 Å². The van der Waals surface area contributed by atoms with Crippen LogP contribution in [0.4, 0.5) is 0 Å². The lowest BCUT2D eigenvalue weighted by Gasteiger charge is -2.12. The minimum absolute atomic E-state index is 0.150. The summed E-state index contributed by atoms with van der Waals surface area (Å²) in [6.45, 7) is 1.92. The Balaban J connectivity index is 2.65. The fraction of sp³-hybridized carbons (Fsp3) is 0.833. The number of hydrogen-bond acceptors (Lipinski definition) is 2. The summed E-state index contributed by atoms with van der Waals surface area (Å²) >= 11 is 0. The lowest BCUT2D eigenvalue weighted by atomic mass is 10.2. The number of carbonyl (C=O) groups is 1. The van der Waals surface area contributed by atoms with E-state index in [9.17, 15) is 4.79 Å². The number of nitrogens with zero attached hydrogens (tertiary/aromatic N) is 1. The van der Waals surface area contributed by atoms with Gasteiger partial charge in [0.15, 0.2) is 0 Å². The van der Waals surface area contributed by atoms with E-state index in [-0.39, 0.29) is 11.9 Å². The third kappa shape index (κ3) is 0.920. The van der Waals surface area contributed by atoms with E-state index in [0.717, 1.165) is 0 Å². The van der Waals surface area contributed by atoms with Gasteiger partial charge in [-0.25, -0.2) is 0 Å². The van der Waals surface area contributed by atoms with Gasteiger partial charge in [0.05, 0.1) is 0 Å². The van der Waals surface area contributed by atoms with E-state index in [4.69, 9.17) is 5.11 Å². The van der Waals surface area contributed by atoms with Gasteiger partial charge >= 0.3 is 0 Å². The molecule has 0 aromatic heterocycles. The van der Waals surface area contributed by atoms with Crippen LogP contribution in [0.3, 0.4) is 0 Å². The van der Waals surface area contributed by atoms with Gasteiger partial charge in [0, 0.05) is 19.5 Å². The molecule has 9 heavy (non-hydrogen) atoms. The first kappa shape index (κ1) is 6.55. The summed E-state index contributed by atoms with van der Waals surface area (Å²) in [5.41, 5.74) is 0. The Morgan fingerprint density at radius 1 is 1.78 bits per heavy atom. The number of aliphatic hydroxyl groups is 1. The highest BCUT2D eigenvalue weighted by molar-refractivity contribution is 5.82. The Kier molecular flexibility index (Phi) is 1.45. The van der Waals surface area contributed by atoms with Gasteiger partial charge in [0.25, 0.3) is 5.91 Å². The molecule has 52 valence electrons. The van der Waals surface area contributed by atoms with Gasteiger partial charge in [0.2, 0.25) is 0 Å². The molecule has 0 saturated carbocycles. The topological polar surface area (TPSA) is 40.5 Å². The fourth-order valence-electron chi connectivity index (χ4n) is 1.03. The lowest BCUT2D eigenvalue weighted by Crippen LogP contribution is -2.28. The molecular weight excluding hydrogens is 118 g/mol. The number of rotatable bonds is 0. The maximum atomic E-state index is 10.8. The number of likely N-dealkylation sites (tertiary alicyclic amines) is 1. The van der Waals surface area contributed by atoms with E-state index in [1.807, 2.05) is 6.92 Å². The van der Waals surface area contributed by atoms with Crippen LogP contribution in [-0.2, 0) is 4.79 Å². The van der Waals surface area contributed by atoms with Crippen molar-refractivity contribution in [2.45, 2.75) is 25.5 Å². The van der Waals surface area contributed by atoms with Gasteiger partial charge in [-0.3, -0.25) is 4.79 Å². The molecular formula is C6H11NO2. The summed E-state index contributed by atoms with van der Waals surface area (Å²) in [7, 11) is 1.71. The van der Waals surface area contributed by atoms with E-state index in [2.05, 4.69) is 0 Å². The van der Waals surface area contributed by atoms with Crippen LogP contribution in [0.1, 0.15) is 13.3 Å². The van der Waals surface area contributed by atoms with Gasteiger partial charge in [-0.05, 0) is 6.92 Å². The molecule has 0 aromatic carbocycles. The largest absolute Gasteiger partial charge is 0.383 e. The molecule has 2 atom stereocenters. The van der Waals surface area contributed by atoms with Gasteiger partial charge in [-0.1, -0.05) is 0 Å². The molecule has 3 nitrogen and oxygen atoms in total. The van der Waals surface area contributed by atoms with E-state index in [1.165, 1.54) is 0 Å². The Morgan fingerprint density at radius 3 is 2.44 bits per heavy atom. The summed E-state index contributed by atoms with van der Waals surface area (Å²) in [6, 6.07) is 0.201. The zero-order chi connectivity index (χ0) is 7.02. The molecule has 1 N–H and O–H groups in total. The van der Waals surface area contributed by atoms with Gasteiger partial charge in [0.1, 0.15) is 6.10 Å². The van der Waals surface area contributed by atoms with Crippen LogP contribution in [-0.4, -0.2) is 35.1 Å². The quantitative estimate of drug-likeness (QED) is 0.483. The number of carbonyl (C=O) groups excluding carboxylic acids is 1. The second kappa shape index (κ2) is 1.99. The van der Waals surface area contributed by atoms with Crippen LogP contribution in [0, 0.1) is 0 Å². The fourth-order valence-corrected chi connectivity index (χ4v) is 1.03. The third-order valence-electron chi connectivity index (χ3n) is 1.86. The number of aliphatic hydroxyl groups excluding tert-OH is 1. The SMILES string of the molecule is CC1CC(O)C(=O)N1C. The zero-order valence-electron chi connectivity index (χ0n) is 5.66. The van der Waals surface area contributed by atoms with Gasteiger partial charge in [-0.2, -0.15) is 0 Å². The zero-order valence-corrected chi connectivity index (χ0v) is 5.66. The Hall–Kier alpha value is -0.570. The number of amides is 1. The van der Waals surface area contributed by atoms with Crippen molar-refractivity contribution in [2.24, 2.45) is 0 Å². The molecule has 2 unspecified atom stereocenters. The van der Waals surface area contributed by atoms with Crippen molar-refractivity contribution >= 4 is 5.91 Å². The summed E-state index contributed by atoms with van der Waals surface area (Å²) in [5.74, 6) is -0.150. The molecule has 0 aliphatic carbocycles. The highest BCUT2D eigenvalue weighted by Crippen LogP contribution is 2.15. The molecule has 1 fully saturated rings. The first-order valence-electron chi connectivity index (χ1n) is 3.07. The highest BCUT2D eigenvalue weighted by atomic mass is 16.3. The standard InChI is InChI=1S/C6H11NO2/c1-4-3-5(8)6(9)7(4)2/h4-5,8H,3H2,1-2H3. The average molecular weight is 129 g/mol. The summed E-state index contributed by atoms with van der Waals surface area (Å²) in [6.07, 6.45) is -0.167. The molecule has 1 rings (SSSR count). The summed E-state index contributed by atoms with van der Waals surface area (Å²) in [4.78, 5) is 12.4. The van der Waals surface area contributed by atoms with Crippen LogP contribution in [0.5, 0.6) is 0 Å². The number of likely N-dealkylation sites (N-methyl/N-ethyl adjacent to an activating group) is 1.